The van der Waals surface area contributed by atoms with Crippen LogP contribution in [-0.2, 0) is 0 Å². The van der Waals surface area contributed by atoms with Crippen LogP contribution in [0.3, 0.4) is 0 Å². The molecule has 2 bridgehead atoms. The third-order valence-corrected chi connectivity index (χ3v) is 3.88. The van der Waals surface area contributed by atoms with Gasteiger partial charge in [-0.15, -0.1) is 0 Å². The number of hydrogen-bond donors (Lipinski definition) is 0. The molecule has 0 N–H and O–H groups in total. The van der Waals surface area contributed by atoms with Crippen molar-refractivity contribution in [3.05, 3.63) is 54.1 Å². The predicted octanol–water partition coefficient (Wildman–Crippen LogP) is 4.06. The second-order valence-corrected chi connectivity index (χ2v) is 4.76. The Hall–Kier alpha value is -1.30. The molecule has 0 spiro atoms. The summed E-state index contributed by atoms with van der Waals surface area (Å²) in [5.41, 5.74) is 4.35. The minimum atomic E-state index is 0.715. The molecule has 76 valence electrons. The van der Waals surface area contributed by atoms with Crippen molar-refractivity contribution in [2.75, 3.05) is 0 Å². The first-order valence-corrected chi connectivity index (χ1v) is 5.77. The van der Waals surface area contributed by atoms with Crippen LogP contribution in [0.5, 0.6) is 0 Å². The summed E-state index contributed by atoms with van der Waals surface area (Å²) in [6, 6.07) is 10.6. The fraction of sp³-hybridized carbons (Fsp3) is 0.333. The van der Waals surface area contributed by atoms with E-state index in [0.29, 0.717) is 5.92 Å². The summed E-state index contributed by atoms with van der Waals surface area (Å²) in [6.07, 6.45) is 6.31. The molecule has 2 unspecified atom stereocenters. The third-order valence-electron chi connectivity index (χ3n) is 3.88. The smallest absolute Gasteiger partial charge is 0.00903 e. The van der Waals surface area contributed by atoms with Gasteiger partial charge in [0.05, 0.1) is 0 Å². The summed E-state index contributed by atoms with van der Waals surface area (Å²) in [5.74, 6) is 1.57. The molecule has 15 heavy (non-hydrogen) atoms. The van der Waals surface area contributed by atoms with Gasteiger partial charge in [-0.05, 0) is 42.2 Å². The number of allylic oxidation sites excluding steroid dienone is 3. The number of fused-ring (bicyclic) bond motifs is 2. The first-order chi connectivity index (χ1) is 7.34. The van der Waals surface area contributed by atoms with Crippen LogP contribution in [0.1, 0.15) is 24.8 Å². The van der Waals surface area contributed by atoms with E-state index in [9.17, 15) is 0 Å². The maximum atomic E-state index is 4.30. The molecule has 0 saturated heterocycles. The molecule has 0 aliphatic heterocycles. The molecular weight excluding hydrogens is 180 g/mol. The summed E-state index contributed by atoms with van der Waals surface area (Å²) in [7, 11) is 0. The van der Waals surface area contributed by atoms with Crippen molar-refractivity contribution in [2.45, 2.75) is 19.3 Å². The minimum Gasteiger partial charge on any atom is -0.0949 e. The van der Waals surface area contributed by atoms with Crippen LogP contribution in [-0.4, -0.2) is 0 Å². The van der Waals surface area contributed by atoms with Crippen molar-refractivity contribution >= 4 is 5.57 Å². The normalized spacial score (nSPS) is 27.9. The fourth-order valence-corrected chi connectivity index (χ4v) is 3.02. The molecule has 0 heterocycles. The van der Waals surface area contributed by atoms with Crippen LogP contribution in [0, 0.1) is 11.8 Å². The van der Waals surface area contributed by atoms with E-state index >= 15 is 0 Å². The van der Waals surface area contributed by atoms with Crippen molar-refractivity contribution in [1.29, 1.82) is 0 Å². The van der Waals surface area contributed by atoms with Gasteiger partial charge in [0.1, 0.15) is 0 Å². The zero-order valence-corrected chi connectivity index (χ0v) is 8.95. The van der Waals surface area contributed by atoms with E-state index in [1.54, 1.807) is 5.57 Å². The molecule has 1 saturated carbocycles. The Morgan fingerprint density at radius 1 is 1.13 bits per heavy atom. The van der Waals surface area contributed by atoms with Gasteiger partial charge in [-0.2, -0.15) is 0 Å². The second-order valence-electron chi connectivity index (χ2n) is 4.76. The molecule has 0 aromatic heterocycles. The number of benzene rings is 1. The Morgan fingerprint density at radius 3 is 2.53 bits per heavy atom. The van der Waals surface area contributed by atoms with Gasteiger partial charge in [-0.1, -0.05) is 48.6 Å². The Kier molecular flexibility index (Phi) is 2.02. The minimum absolute atomic E-state index is 0.715. The van der Waals surface area contributed by atoms with E-state index in [1.807, 2.05) is 0 Å². The lowest BCUT2D eigenvalue weighted by Gasteiger charge is -2.21. The molecular formula is C15H16. The monoisotopic (exact) mass is 196 g/mol. The summed E-state index contributed by atoms with van der Waals surface area (Å²) < 4.78 is 0. The van der Waals surface area contributed by atoms with E-state index in [-0.39, 0.29) is 0 Å². The van der Waals surface area contributed by atoms with Crippen molar-refractivity contribution in [2.24, 2.45) is 11.8 Å². The van der Waals surface area contributed by atoms with Crippen molar-refractivity contribution in [1.82, 2.24) is 0 Å². The lowest BCUT2D eigenvalue weighted by Crippen LogP contribution is -2.09. The van der Waals surface area contributed by atoms with Crippen LogP contribution in [0.15, 0.2) is 48.6 Å². The van der Waals surface area contributed by atoms with E-state index in [1.165, 1.54) is 30.4 Å². The Bertz CT molecular complexity index is 411. The molecule has 0 amide bonds. The molecule has 1 aromatic carbocycles. The topological polar surface area (TPSA) is 0 Å². The Labute approximate surface area is 91.3 Å². The van der Waals surface area contributed by atoms with Crippen LogP contribution >= 0.6 is 0 Å². The molecule has 0 heteroatoms. The number of hydrogen-bond acceptors (Lipinski definition) is 0. The van der Waals surface area contributed by atoms with Crippen LogP contribution in [0.4, 0.5) is 0 Å². The zero-order chi connectivity index (χ0) is 10.3. The molecule has 0 nitrogen and oxygen atoms in total. The SMILES string of the molecule is C=C(c1ccccc1)C1CC2=CCC1C2. The predicted molar refractivity (Wildman–Crippen MR) is 64.4 cm³/mol. The van der Waals surface area contributed by atoms with Gasteiger partial charge < -0.3 is 0 Å². The highest BCUT2D eigenvalue weighted by atomic mass is 14.4. The Balaban J connectivity index is 1.85. The first kappa shape index (κ1) is 8.96. The van der Waals surface area contributed by atoms with Gasteiger partial charge in [-0.25, -0.2) is 0 Å². The molecule has 3 rings (SSSR count). The van der Waals surface area contributed by atoms with Crippen LogP contribution < -0.4 is 0 Å². The third kappa shape index (κ3) is 1.45. The summed E-state index contributed by atoms with van der Waals surface area (Å²) >= 11 is 0. The second kappa shape index (κ2) is 3.37. The summed E-state index contributed by atoms with van der Waals surface area (Å²) in [5, 5.41) is 0. The molecule has 1 aromatic rings. The maximum Gasteiger partial charge on any atom is -0.00903 e. The maximum absolute atomic E-state index is 4.30. The summed E-state index contributed by atoms with van der Waals surface area (Å²) in [6.45, 7) is 4.30. The largest absolute Gasteiger partial charge is 0.0949 e. The van der Waals surface area contributed by atoms with Crippen molar-refractivity contribution in [3.8, 4) is 0 Å². The van der Waals surface area contributed by atoms with Gasteiger partial charge in [-0.3, -0.25) is 0 Å². The van der Waals surface area contributed by atoms with E-state index in [2.05, 4.69) is 43.0 Å². The first-order valence-electron chi connectivity index (χ1n) is 5.77. The average molecular weight is 196 g/mol. The van der Waals surface area contributed by atoms with Gasteiger partial charge in [0.15, 0.2) is 0 Å². The highest BCUT2D eigenvalue weighted by Gasteiger charge is 2.35. The van der Waals surface area contributed by atoms with Gasteiger partial charge >= 0.3 is 0 Å². The highest BCUT2D eigenvalue weighted by Crippen LogP contribution is 2.49. The van der Waals surface area contributed by atoms with Gasteiger partial charge in [0.25, 0.3) is 0 Å². The van der Waals surface area contributed by atoms with E-state index in [0.717, 1.165) is 5.92 Å². The molecule has 2 aliphatic rings. The van der Waals surface area contributed by atoms with Gasteiger partial charge in [0.2, 0.25) is 0 Å². The quantitative estimate of drug-likeness (QED) is 0.626. The van der Waals surface area contributed by atoms with Gasteiger partial charge in [0, 0.05) is 0 Å². The molecule has 2 aliphatic carbocycles. The molecule has 2 atom stereocenters. The van der Waals surface area contributed by atoms with Crippen molar-refractivity contribution in [3.63, 3.8) is 0 Å². The lowest BCUT2D eigenvalue weighted by molar-refractivity contribution is 0.480. The van der Waals surface area contributed by atoms with Crippen molar-refractivity contribution < 1.29 is 0 Å². The zero-order valence-electron chi connectivity index (χ0n) is 8.95. The molecule has 0 radical (unpaired) electrons. The fourth-order valence-electron chi connectivity index (χ4n) is 3.02. The summed E-state index contributed by atoms with van der Waals surface area (Å²) in [4.78, 5) is 0. The molecule has 1 fully saturated rings. The van der Waals surface area contributed by atoms with Crippen LogP contribution in [0.2, 0.25) is 0 Å². The average Bonchev–Trinajstić information content (AvgIpc) is 2.91. The lowest BCUT2D eigenvalue weighted by atomic mass is 9.83. The number of rotatable bonds is 2. The Morgan fingerprint density at radius 2 is 1.93 bits per heavy atom. The van der Waals surface area contributed by atoms with Crippen LogP contribution in [0.25, 0.3) is 5.57 Å². The van der Waals surface area contributed by atoms with E-state index < -0.39 is 0 Å². The standard InChI is InChI=1S/C15H16/c1-11(13-5-3-2-4-6-13)15-10-12-7-8-14(15)9-12/h2-7,14-15H,1,8-10H2. The van der Waals surface area contributed by atoms with E-state index in [4.69, 9.17) is 0 Å². The highest BCUT2D eigenvalue weighted by molar-refractivity contribution is 5.66.